The number of aromatic nitrogens is 7. The van der Waals surface area contributed by atoms with Crippen molar-refractivity contribution in [2.45, 2.75) is 12.8 Å². The van der Waals surface area contributed by atoms with Gasteiger partial charge in [-0.05, 0) is 43.2 Å². The van der Waals surface area contributed by atoms with E-state index in [-0.39, 0.29) is 11.8 Å². The molecule has 0 atom stereocenters. The summed E-state index contributed by atoms with van der Waals surface area (Å²) < 4.78 is 1.56. The Labute approximate surface area is 166 Å². The van der Waals surface area contributed by atoms with Gasteiger partial charge < -0.3 is 10.2 Å². The molecule has 146 valence electrons. The molecular formula is C19H19N9O. The van der Waals surface area contributed by atoms with Crippen LogP contribution in [0.3, 0.4) is 0 Å². The molecule has 29 heavy (non-hydrogen) atoms. The number of nitrogens with zero attached hydrogens (tertiary/aromatic N) is 7. The molecule has 1 saturated heterocycles. The van der Waals surface area contributed by atoms with E-state index in [0.29, 0.717) is 5.82 Å². The summed E-state index contributed by atoms with van der Waals surface area (Å²) in [6.45, 7) is 1.52. The van der Waals surface area contributed by atoms with E-state index in [1.165, 1.54) is 6.33 Å². The van der Waals surface area contributed by atoms with Crippen LogP contribution in [0, 0.1) is 5.92 Å². The van der Waals surface area contributed by atoms with Gasteiger partial charge in [-0.15, -0.1) is 10.2 Å². The molecule has 2 N–H and O–H groups in total. The summed E-state index contributed by atoms with van der Waals surface area (Å²) in [5.41, 5.74) is 1.69. The summed E-state index contributed by atoms with van der Waals surface area (Å²) >= 11 is 0. The number of rotatable bonds is 4. The fourth-order valence-electron chi connectivity index (χ4n) is 3.57. The van der Waals surface area contributed by atoms with Gasteiger partial charge in [0, 0.05) is 30.1 Å². The summed E-state index contributed by atoms with van der Waals surface area (Å²) in [7, 11) is 0. The average Bonchev–Trinajstić information content (AvgIpc) is 3.46. The average molecular weight is 389 g/mol. The van der Waals surface area contributed by atoms with Crippen molar-refractivity contribution in [2.24, 2.45) is 5.92 Å². The highest BCUT2D eigenvalue weighted by Gasteiger charge is 2.26. The van der Waals surface area contributed by atoms with Gasteiger partial charge in [-0.1, -0.05) is 0 Å². The predicted octanol–water partition coefficient (Wildman–Crippen LogP) is 1.79. The van der Waals surface area contributed by atoms with Gasteiger partial charge in [0.1, 0.15) is 12.7 Å². The smallest absolute Gasteiger partial charge is 0.227 e. The molecule has 0 unspecified atom stereocenters. The van der Waals surface area contributed by atoms with Crippen LogP contribution in [0.5, 0.6) is 0 Å². The lowest BCUT2D eigenvalue weighted by Crippen LogP contribution is -2.38. The summed E-state index contributed by atoms with van der Waals surface area (Å²) in [6, 6.07) is 9.53. The van der Waals surface area contributed by atoms with Crippen LogP contribution in [-0.4, -0.2) is 54.2 Å². The molecule has 0 saturated carbocycles. The molecule has 0 aliphatic carbocycles. The van der Waals surface area contributed by atoms with Crippen LogP contribution in [0.4, 0.5) is 11.5 Å². The summed E-state index contributed by atoms with van der Waals surface area (Å²) in [4.78, 5) is 18.7. The Bertz CT molecular complexity index is 1110. The second-order valence-corrected chi connectivity index (χ2v) is 7.01. The van der Waals surface area contributed by atoms with Gasteiger partial charge in [0.05, 0.1) is 11.7 Å². The van der Waals surface area contributed by atoms with Crippen LogP contribution in [0.25, 0.3) is 16.7 Å². The number of hydrogen-bond acceptors (Lipinski definition) is 7. The van der Waals surface area contributed by atoms with E-state index in [1.807, 2.05) is 30.3 Å². The van der Waals surface area contributed by atoms with E-state index in [1.54, 1.807) is 17.2 Å². The number of aromatic amines is 1. The number of nitrogens with one attached hydrogen (secondary N) is 2. The van der Waals surface area contributed by atoms with E-state index in [4.69, 9.17) is 0 Å². The maximum absolute atomic E-state index is 12.7. The highest BCUT2D eigenvalue weighted by atomic mass is 16.1. The summed E-state index contributed by atoms with van der Waals surface area (Å²) in [5.74, 6) is 1.45. The van der Waals surface area contributed by atoms with Crippen LogP contribution < -0.4 is 10.2 Å². The van der Waals surface area contributed by atoms with Gasteiger partial charge in [0.15, 0.2) is 11.6 Å². The first kappa shape index (κ1) is 17.3. The normalized spacial score (nSPS) is 15.0. The second-order valence-electron chi connectivity index (χ2n) is 7.01. The molecule has 1 aliphatic heterocycles. The van der Waals surface area contributed by atoms with Gasteiger partial charge >= 0.3 is 0 Å². The van der Waals surface area contributed by atoms with Crippen molar-refractivity contribution in [3.8, 4) is 5.82 Å². The van der Waals surface area contributed by atoms with Crippen LogP contribution >= 0.6 is 0 Å². The molecule has 1 aliphatic rings. The fraction of sp³-hybridized carbons (Fsp3) is 0.263. The number of carbonyl (C=O) groups excluding carboxylic acids is 1. The van der Waals surface area contributed by atoms with Crippen LogP contribution in [0.1, 0.15) is 12.8 Å². The number of H-pyrrole nitrogens is 1. The predicted molar refractivity (Wildman–Crippen MR) is 107 cm³/mol. The zero-order valence-corrected chi connectivity index (χ0v) is 15.6. The summed E-state index contributed by atoms with van der Waals surface area (Å²) in [6.07, 6.45) is 6.34. The maximum Gasteiger partial charge on any atom is 0.227 e. The first-order chi connectivity index (χ1) is 14.3. The Kier molecular flexibility index (Phi) is 4.35. The molecule has 1 amide bonds. The topological polar surface area (TPSA) is 118 Å². The lowest BCUT2D eigenvalue weighted by Gasteiger charge is -2.31. The number of fused-ring (bicyclic) bond motifs is 1. The van der Waals surface area contributed by atoms with Crippen molar-refractivity contribution in [3.63, 3.8) is 0 Å². The van der Waals surface area contributed by atoms with Crippen LogP contribution in [0.2, 0.25) is 0 Å². The monoisotopic (exact) mass is 389 g/mol. The maximum atomic E-state index is 12.7. The Morgan fingerprint density at radius 2 is 1.93 bits per heavy atom. The second kappa shape index (κ2) is 7.30. The number of amides is 1. The largest absolute Gasteiger partial charge is 0.355 e. The van der Waals surface area contributed by atoms with Crippen molar-refractivity contribution in [2.75, 3.05) is 23.3 Å². The highest BCUT2D eigenvalue weighted by Crippen LogP contribution is 2.24. The Hall–Kier alpha value is -3.82. The molecule has 4 heterocycles. The third kappa shape index (κ3) is 3.51. The van der Waals surface area contributed by atoms with E-state index in [9.17, 15) is 4.79 Å². The first-order valence-corrected chi connectivity index (χ1v) is 9.44. The number of anilines is 2. The van der Waals surface area contributed by atoms with Gasteiger partial charge in [-0.25, -0.2) is 9.67 Å². The highest BCUT2D eigenvalue weighted by molar-refractivity contribution is 5.94. The van der Waals surface area contributed by atoms with E-state index in [2.05, 4.69) is 40.7 Å². The lowest BCUT2D eigenvalue weighted by molar-refractivity contribution is -0.120. The zero-order valence-electron chi connectivity index (χ0n) is 15.6. The number of benzene rings is 1. The molecule has 3 aromatic heterocycles. The Morgan fingerprint density at radius 3 is 2.69 bits per heavy atom. The molecule has 0 bridgehead atoms. The minimum atomic E-state index is -0.0221. The van der Waals surface area contributed by atoms with E-state index < -0.39 is 0 Å². The molecule has 10 nitrogen and oxygen atoms in total. The zero-order chi connectivity index (χ0) is 19.6. The Balaban J connectivity index is 1.19. The standard InChI is InChI=1S/C19H19N9O/c29-19(23-15-2-1-14-10-21-24-16(14)9-15)13-5-7-27(8-6-13)17-3-4-18(26-25-17)28-12-20-11-22-28/h1-4,9-13H,5-8H2,(H,21,24)(H,23,29). The lowest BCUT2D eigenvalue weighted by atomic mass is 9.96. The van der Waals surface area contributed by atoms with Gasteiger partial charge in [0.2, 0.25) is 5.91 Å². The van der Waals surface area contributed by atoms with Crippen molar-refractivity contribution in [1.82, 2.24) is 35.2 Å². The fourth-order valence-corrected chi connectivity index (χ4v) is 3.57. The minimum Gasteiger partial charge on any atom is -0.355 e. The molecule has 5 rings (SSSR count). The number of hydrogen-bond donors (Lipinski definition) is 2. The SMILES string of the molecule is O=C(Nc1ccc2cn[nH]c2c1)C1CCN(c2ccc(-n3cncn3)nn2)CC1. The van der Waals surface area contributed by atoms with Crippen molar-refractivity contribution < 1.29 is 4.79 Å². The molecule has 0 radical (unpaired) electrons. The minimum absolute atomic E-state index is 0.0221. The molecule has 4 aromatic rings. The molecule has 0 spiro atoms. The quantitative estimate of drug-likeness (QED) is 0.546. The van der Waals surface area contributed by atoms with E-state index >= 15 is 0 Å². The molecule has 1 aromatic carbocycles. The third-order valence-electron chi connectivity index (χ3n) is 5.19. The van der Waals surface area contributed by atoms with Crippen LogP contribution in [-0.2, 0) is 4.79 Å². The van der Waals surface area contributed by atoms with E-state index in [0.717, 1.165) is 48.3 Å². The van der Waals surface area contributed by atoms with Gasteiger partial charge in [0.25, 0.3) is 0 Å². The van der Waals surface area contributed by atoms with Crippen molar-refractivity contribution >= 4 is 28.3 Å². The molecular weight excluding hydrogens is 370 g/mol. The molecule has 10 heteroatoms. The number of piperidine rings is 1. The van der Waals surface area contributed by atoms with Crippen molar-refractivity contribution in [1.29, 1.82) is 0 Å². The Morgan fingerprint density at radius 1 is 1.10 bits per heavy atom. The van der Waals surface area contributed by atoms with Crippen LogP contribution in [0.15, 0.2) is 49.2 Å². The van der Waals surface area contributed by atoms with Gasteiger partial charge in [-0.3, -0.25) is 9.89 Å². The first-order valence-electron chi connectivity index (χ1n) is 9.44. The summed E-state index contributed by atoms with van der Waals surface area (Å²) in [5, 5.41) is 23.5. The van der Waals surface area contributed by atoms with Crippen molar-refractivity contribution in [3.05, 3.63) is 49.2 Å². The molecule has 1 fully saturated rings. The third-order valence-corrected chi connectivity index (χ3v) is 5.19. The van der Waals surface area contributed by atoms with Gasteiger partial charge in [-0.2, -0.15) is 10.2 Å². The number of carbonyl (C=O) groups is 1.